The minimum atomic E-state index is -1.17. The summed E-state index contributed by atoms with van der Waals surface area (Å²) in [5.41, 5.74) is 2.88. The molecule has 1 heterocycles. The molecule has 0 aliphatic heterocycles. The third kappa shape index (κ3) is 5.77. The number of hydrogen-bond donors (Lipinski definition) is 2. The van der Waals surface area contributed by atoms with Crippen molar-refractivity contribution in [1.29, 1.82) is 0 Å². The zero-order valence-electron chi connectivity index (χ0n) is 21.2. The maximum Gasteiger partial charge on any atom is 0.320 e. The lowest BCUT2D eigenvalue weighted by Gasteiger charge is -2.38. The molecule has 7 nitrogen and oxygen atoms in total. The van der Waals surface area contributed by atoms with Crippen molar-refractivity contribution in [2.24, 2.45) is 0 Å². The molecule has 3 aromatic rings. The molecule has 0 bridgehead atoms. The molecule has 0 unspecified atom stereocenters. The number of nitrogens with zero attached hydrogens (tertiary/aromatic N) is 2. The van der Waals surface area contributed by atoms with E-state index in [0.717, 1.165) is 36.4 Å². The molecule has 0 saturated carbocycles. The summed E-state index contributed by atoms with van der Waals surface area (Å²) in [6, 6.07) is 5.22. The molecule has 0 aliphatic carbocycles. The van der Waals surface area contributed by atoms with E-state index in [2.05, 4.69) is 0 Å². The minimum absolute atomic E-state index is 0.0930. The van der Waals surface area contributed by atoms with Gasteiger partial charge < -0.3 is 10.8 Å². The lowest BCUT2D eigenvalue weighted by molar-refractivity contribution is -0.144. The van der Waals surface area contributed by atoms with Crippen molar-refractivity contribution in [3.8, 4) is 5.69 Å². The number of carbonyl (C=O) groups is 2. The van der Waals surface area contributed by atoms with E-state index in [4.69, 9.17) is 5.73 Å². The maximum absolute atomic E-state index is 15.2. The molecule has 2 aromatic carbocycles. The second-order valence-corrected chi connectivity index (χ2v) is 9.80. The standard InChI is InChI=1S/C27H27F4N3O4/c1-14(26(37)38)33(27(2,3)4)10-9-15-11-20(30)23(21(31)12-15)34-22(35)8-7-18(25(34)32)24(36)17-6-5-16(28)13-19(17)29/h5-8,11-14H,9-10,32H2,1-4H3,(H,37,38)/t14-/m0/s1. The van der Waals surface area contributed by atoms with Crippen LogP contribution >= 0.6 is 0 Å². The van der Waals surface area contributed by atoms with E-state index in [0.29, 0.717) is 10.6 Å². The van der Waals surface area contributed by atoms with Gasteiger partial charge in [0.2, 0.25) is 0 Å². The molecule has 3 N–H and O–H groups in total. The first kappa shape index (κ1) is 28.6. The third-order valence-electron chi connectivity index (χ3n) is 6.18. The average Bonchev–Trinajstić information content (AvgIpc) is 2.79. The molecule has 11 heteroatoms. The van der Waals surface area contributed by atoms with E-state index in [-0.39, 0.29) is 18.5 Å². The number of aromatic nitrogens is 1. The number of nitrogens with two attached hydrogens (primary N) is 1. The first-order chi connectivity index (χ1) is 17.6. The van der Waals surface area contributed by atoms with E-state index in [1.165, 1.54) is 6.92 Å². The number of anilines is 1. The van der Waals surface area contributed by atoms with Crippen molar-refractivity contribution in [2.45, 2.75) is 45.7 Å². The van der Waals surface area contributed by atoms with Gasteiger partial charge in [0, 0.05) is 24.2 Å². The van der Waals surface area contributed by atoms with Crippen LogP contribution in [0, 0.1) is 23.3 Å². The molecule has 1 atom stereocenters. The molecule has 0 spiro atoms. The lowest BCUT2D eigenvalue weighted by Crippen LogP contribution is -2.51. The van der Waals surface area contributed by atoms with E-state index in [9.17, 15) is 28.3 Å². The monoisotopic (exact) mass is 533 g/mol. The van der Waals surface area contributed by atoms with Crippen LogP contribution in [0.3, 0.4) is 0 Å². The Labute approximate surface area is 216 Å². The fourth-order valence-electron chi connectivity index (χ4n) is 4.26. The second kappa shape index (κ2) is 10.8. The highest BCUT2D eigenvalue weighted by atomic mass is 19.1. The van der Waals surface area contributed by atoms with Crippen LogP contribution < -0.4 is 11.3 Å². The largest absolute Gasteiger partial charge is 0.480 e. The van der Waals surface area contributed by atoms with Crippen LogP contribution in [0.15, 0.2) is 47.3 Å². The van der Waals surface area contributed by atoms with Gasteiger partial charge in [-0.05, 0) is 70.0 Å². The van der Waals surface area contributed by atoms with Gasteiger partial charge in [0.25, 0.3) is 5.56 Å². The fourth-order valence-corrected chi connectivity index (χ4v) is 4.26. The van der Waals surface area contributed by atoms with Gasteiger partial charge in [0.05, 0.1) is 11.1 Å². The second-order valence-electron chi connectivity index (χ2n) is 9.80. The van der Waals surface area contributed by atoms with Gasteiger partial charge >= 0.3 is 5.97 Å². The fraction of sp³-hybridized carbons (Fsp3) is 0.296. The minimum Gasteiger partial charge on any atom is -0.480 e. The number of pyridine rings is 1. The van der Waals surface area contributed by atoms with Crippen LogP contribution in [0.4, 0.5) is 23.4 Å². The van der Waals surface area contributed by atoms with Crippen LogP contribution in [0.5, 0.6) is 0 Å². The van der Waals surface area contributed by atoms with Gasteiger partial charge in [0.1, 0.15) is 29.2 Å². The predicted octanol–water partition coefficient (Wildman–Crippen LogP) is 4.32. The van der Waals surface area contributed by atoms with E-state index in [1.807, 2.05) is 20.8 Å². The van der Waals surface area contributed by atoms with Crippen molar-refractivity contribution in [3.63, 3.8) is 0 Å². The first-order valence-electron chi connectivity index (χ1n) is 11.6. The van der Waals surface area contributed by atoms with Crippen molar-refractivity contribution in [2.75, 3.05) is 12.3 Å². The van der Waals surface area contributed by atoms with Gasteiger partial charge in [-0.3, -0.25) is 23.9 Å². The zero-order chi connectivity index (χ0) is 28.5. The summed E-state index contributed by atoms with van der Waals surface area (Å²) >= 11 is 0. The molecule has 0 saturated heterocycles. The normalized spacial score (nSPS) is 12.6. The number of rotatable bonds is 8. The SMILES string of the molecule is C[C@@H](C(=O)O)N(CCc1cc(F)c(-n2c(N)c(C(=O)c3ccc(F)cc3F)ccc2=O)c(F)c1)C(C)(C)C. The Hall–Kier alpha value is -3.99. The Morgan fingerprint density at radius 3 is 2.08 bits per heavy atom. The van der Waals surface area contributed by atoms with Crippen LogP contribution in [-0.4, -0.2) is 44.5 Å². The Morgan fingerprint density at radius 2 is 1.55 bits per heavy atom. The van der Waals surface area contributed by atoms with E-state index >= 15 is 8.78 Å². The summed E-state index contributed by atoms with van der Waals surface area (Å²) in [6.07, 6.45) is 0.0930. The third-order valence-corrected chi connectivity index (χ3v) is 6.18. The van der Waals surface area contributed by atoms with Gasteiger partial charge in [-0.1, -0.05) is 0 Å². The molecule has 202 valence electrons. The summed E-state index contributed by atoms with van der Waals surface area (Å²) in [7, 11) is 0. The zero-order valence-corrected chi connectivity index (χ0v) is 21.2. The maximum atomic E-state index is 15.2. The van der Waals surface area contributed by atoms with Crippen molar-refractivity contribution in [1.82, 2.24) is 9.47 Å². The quantitative estimate of drug-likeness (QED) is 0.330. The first-order valence-corrected chi connectivity index (χ1v) is 11.6. The predicted molar refractivity (Wildman–Crippen MR) is 133 cm³/mol. The summed E-state index contributed by atoms with van der Waals surface area (Å²) in [6.45, 7) is 7.14. The highest BCUT2D eigenvalue weighted by Gasteiger charge is 2.30. The van der Waals surface area contributed by atoms with Gasteiger partial charge in [-0.25, -0.2) is 17.6 Å². The number of ketones is 1. The van der Waals surface area contributed by atoms with Crippen molar-refractivity contribution >= 4 is 17.6 Å². The summed E-state index contributed by atoms with van der Waals surface area (Å²) in [5, 5.41) is 9.41. The number of carboxylic acid groups (broad SMARTS) is 1. The molecule has 1 aromatic heterocycles. The number of hydrogen-bond acceptors (Lipinski definition) is 5. The molecule has 0 amide bonds. The van der Waals surface area contributed by atoms with Crippen LogP contribution in [0.1, 0.15) is 49.2 Å². The van der Waals surface area contributed by atoms with Crippen LogP contribution in [0.25, 0.3) is 5.69 Å². The number of aliphatic carboxylic acids is 1. The summed E-state index contributed by atoms with van der Waals surface area (Å²) in [5.74, 6) is -7.08. The highest BCUT2D eigenvalue weighted by molar-refractivity contribution is 6.11. The van der Waals surface area contributed by atoms with E-state index < -0.39 is 74.8 Å². The number of benzene rings is 2. The van der Waals surface area contributed by atoms with Crippen LogP contribution in [0.2, 0.25) is 0 Å². The molecule has 0 fully saturated rings. The Kier molecular flexibility index (Phi) is 8.11. The smallest absolute Gasteiger partial charge is 0.320 e. The molecular formula is C27H27F4N3O4. The van der Waals surface area contributed by atoms with Gasteiger partial charge in [0.15, 0.2) is 17.4 Å². The molecule has 38 heavy (non-hydrogen) atoms. The lowest BCUT2D eigenvalue weighted by atomic mass is 10.0. The van der Waals surface area contributed by atoms with Gasteiger partial charge in [-0.2, -0.15) is 0 Å². The molecule has 0 radical (unpaired) electrons. The number of carbonyl (C=O) groups excluding carboxylic acids is 1. The van der Waals surface area contributed by atoms with Crippen molar-refractivity contribution in [3.05, 3.63) is 92.8 Å². The van der Waals surface area contributed by atoms with Gasteiger partial charge in [-0.15, -0.1) is 0 Å². The Balaban J connectivity index is 2.01. The van der Waals surface area contributed by atoms with E-state index in [1.54, 1.807) is 4.90 Å². The van der Waals surface area contributed by atoms with Crippen molar-refractivity contribution < 1.29 is 32.3 Å². The highest BCUT2D eigenvalue weighted by Crippen LogP contribution is 2.26. The number of carboxylic acids is 1. The Morgan fingerprint density at radius 1 is 0.974 bits per heavy atom. The Bertz CT molecular complexity index is 1440. The molecule has 3 rings (SSSR count). The number of halogens is 4. The topological polar surface area (TPSA) is 106 Å². The number of nitrogen functional groups attached to an aromatic ring is 1. The summed E-state index contributed by atoms with van der Waals surface area (Å²) in [4.78, 5) is 38.6. The van der Waals surface area contributed by atoms with Crippen LogP contribution in [-0.2, 0) is 11.2 Å². The average molecular weight is 534 g/mol. The summed E-state index contributed by atoms with van der Waals surface area (Å²) < 4.78 is 58.3. The molecular weight excluding hydrogens is 506 g/mol. The molecule has 0 aliphatic rings.